The van der Waals surface area contributed by atoms with Crippen molar-refractivity contribution < 1.29 is 4.42 Å². The number of furan rings is 1. The quantitative estimate of drug-likeness (QED) is 0.740. The highest BCUT2D eigenvalue weighted by molar-refractivity contribution is 5.19. The summed E-state index contributed by atoms with van der Waals surface area (Å²) in [5.74, 6) is 0.556. The lowest BCUT2D eigenvalue weighted by Gasteiger charge is -1.93. The van der Waals surface area contributed by atoms with Crippen LogP contribution in [0.4, 0.5) is 0 Å². The summed E-state index contributed by atoms with van der Waals surface area (Å²) in [5.41, 5.74) is 6.56. The second-order valence-electron chi connectivity index (χ2n) is 2.71. The third kappa shape index (κ3) is 1.86. The van der Waals surface area contributed by atoms with Crippen molar-refractivity contribution in [3.05, 3.63) is 23.7 Å². The van der Waals surface area contributed by atoms with Crippen LogP contribution in [0, 0.1) is 11.3 Å². The molecule has 1 heterocycles. The van der Waals surface area contributed by atoms with Crippen LogP contribution in [0.15, 0.2) is 16.7 Å². The maximum absolute atomic E-state index is 8.49. The molecule has 0 fully saturated rings. The summed E-state index contributed by atoms with van der Waals surface area (Å²) >= 11 is 0. The molecule has 1 unspecified atom stereocenters. The van der Waals surface area contributed by atoms with Crippen LogP contribution in [0.5, 0.6) is 0 Å². The summed E-state index contributed by atoms with van der Waals surface area (Å²) in [6, 6.07) is 3.14. The van der Waals surface area contributed by atoms with Gasteiger partial charge in [0.2, 0.25) is 0 Å². The average molecular weight is 164 g/mol. The normalized spacial score (nSPS) is 12.4. The molecule has 0 aliphatic carbocycles. The Balaban J connectivity index is 2.71. The van der Waals surface area contributed by atoms with Crippen molar-refractivity contribution >= 4 is 0 Å². The van der Waals surface area contributed by atoms with Gasteiger partial charge in [0.05, 0.1) is 12.3 Å². The van der Waals surface area contributed by atoms with E-state index in [9.17, 15) is 0 Å². The van der Waals surface area contributed by atoms with Crippen molar-refractivity contribution in [1.29, 1.82) is 5.26 Å². The molecule has 0 saturated carbocycles. The Bertz CT molecular complexity index is 285. The Morgan fingerprint density at radius 2 is 2.50 bits per heavy atom. The summed E-state index contributed by atoms with van der Waals surface area (Å²) < 4.78 is 5.12. The van der Waals surface area contributed by atoms with Crippen LogP contribution in [0.1, 0.15) is 30.7 Å². The molecule has 0 radical (unpaired) electrons. The monoisotopic (exact) mass is 164 g/mol. The molecule has 0 spiro atoms. The van der Waals surface area contributed by atoms with E-state index in [-0.39, 0.29) is 0 Å². The Morgan fingerprint density at radius 3 is 3.08 bits per heavy atom. The largest absolute Gasteiger partial charge is 0.466 e. The highest BCUT2D eigenvalue weighted by Gasteiger charge is 2.08. The minimum absolute atomic E-state index is 0.556. The zero-order valence-corrected chi connectivity index (χ0v) is 7.08. The molecule has 0 saturated heterocycles. The van der Waals surface area contributed by atoms with Crippen LogP contribution in [0.2, 0.25) is 0 Å². The lowest BCUT2D eigenvalue weighted by Crippen LogP contribution is -2.05. The number of hydrogen-bond donors (Lipinski definition) is 1. The molecule has 3 heteroatoms. The summed E-state index contributed by atoms with van der Waals surface area (Å²) in [7, 11) is 0. The van der Waals surface area contributed by atoms with E-state index in [1.54, 1.807) is 6.26 Å². The van der Waals surface area contributed by atoms with E-state index >= 15 is 0 Å². The van der Waals surface area contributed by atoms with Crippen molar-refractivity contribution in [1.82, 2.24) is 0 Å². The summed E-state index contributed by atoms with van der Waals surface area (Å²) in [5, 5.41) is 8.49. The first-order valence-corrected chi connectivity index (χ1v) is 4.00. The zero-order valence-electron chi connectivity index (χ0n) is 7.08. The lowest BCUT2D eigenvalue weighted by molar-refractivity contribution is 0.495. The Hall–Kier alpha value is -1.27. The first-order chi connectivity index (χ1) is 5.77. The number of nitrogens with two attached hydrogens (primary N) is 1. The molecular formula is C9H12N2O. The Morgan fingerprint density at radius 1 is 1.75 bits per heavy atom. The number of aryl methyl sites for hydroxylation is 1. The fourth-order valence-electron chi connectivity index (χ4n) is 1.04. The van der Waals surface area contributed by atoms with E-state index in [0.29, 0.717) is 5.76 Å². The summed E-state index contributed by atoms with van der Waals surface area (Å²) in [6.07, 6.45) is 3.71. The molecule has 0 bridgehead atoms. The van der Waals surface area contributed by atoms with Crippen molar-refractivity contribution in [2.75, 3.05) is 0 Å². The molecule has 0 amide bonds. The topological polar surface area (TPSA) is 62.9 Å². The van der Waals surface area contributed by atoms with Gasteiger partial charge in [0.25, 0.3) is 0 Å². The number of hydrogen-bond acceptors (Lipinski definition) is 3. The highest BCUT2D eigenvalue weighted by atomic mass is 16.3. The minimum atomic E-state index is -0.629. The molecule has 1 aromatic heterocycles. The average Bonchev–Trinajstić information content (AvgIpc) is 2.52. The molecule has 1 aromatic rings. The summed E-state index contributed by atoms with van der Waals surface area (Å²) in [4.78, 5) is 0. The van der Waals surface area contributed by atoms with E-state index in [2.05, 4.69) is 6.92 Å². The first kappa shape index (κ1) is 8.82. The van der Waals surface area contributed by atoms with Gasteiger partial charge in [0.15, 0.2) is 6.04 Å². The van der Waals surface area contributed by atoms with E-state index in [1.807, 2.05) is 12.1 Å². The van der Waals surface area contributed by atoms with Gasteiger partial charge in [-0.1, -0.05) is 13.3 Å². The molecule has 0 aliphatic heterocycles. The maximum atomic E-state index is 8.49. The van der Waals surface area contributed by atoms with E-state index in [0.717, 1.165) is 18.4 Å². The second kappa shape index (κ2) is 3.93. The Kier molecular flexibility index (Phi) is 2.89. The number of nitrogens with zero attached hydrogens (tertiary/aromatic N) is 1. The van der Waals surface area contributed by atoms with Gasteiger partial charge < -0.3 is 10.2 Å². The molecule has 0 aromatic carbocycles. The molecule has 12 heavy (non-hydrogen) atoms. The van der Waals surface area contributed by atoms with Gasteiger partial charge in [-0.25, -0.2) is 0 Å². The molecule has 2 N–H and O–H groups in total. The molecule has 64 valence electrons. The third-order valence-electron chi connectivity index (χ3n) is 1.66. The van der Waals surface area contributed by atoms with Gasteiger partial charge in [-0.05, 0) is 18.1 Å². The lowest BCUT2D eigenvalue weighted by atomic mass is 10.1. The SMILES string of the molecule is CCCc1coc(C(N)C#N)c1. The van der Waals surface area contributed by atoms with Crippen molar-refractivity contribution in [3.63, 3.8) is 0 Å². The van der Waals surface area contributed by atoms with Gasteiger partial charge in [-0.2, -0.15) is 5.26 Å². The molecule has 0 aliphatic rings. The zero-order chi connectivity index (χ0) is 8.97. The minimum Gasteiger partial charge on any atom is -0.466 e. The first-order valence-electron chi connectivity index (χ1n) is 4.00. The standard InChI is InChI=1S/C9H12N2O/c1-2-3-7-4-9(12-6-7)8(11)5-10/h4,6,8H,2-3,11H2,1H3. The van der Waals surface area contributed by atoms with E-state index in [1.165, 1.54) is 0 Å². The number of rotatable bonds is 3. The molecule has 1 atom stereocenters. The van der Waals surface area contributed by atoms with Crippen LogP contribution in [-0.4, -0.2) is 0 Å². The van der Waals surface area contributed by atoms with Gasteiger partial charge in [-0.15, -0.1) is 0 Å². The van der Waals surface area contributed by atoms with Gasteiger partial charge in [0.1, 0.15) is 5.76 Å². The van der Waals surface area contributed by atoms with E-state index in [4.69, 9.17) is 15.4 Å². The van der Waals surface area contributed by atoms with Crippen LogP contribution in [-0.2, 0) is 6.42 Å². The molecule has 3 nitrogen and oxygen atoms in total. The van der Waals surface area contributed by atoms with Crippen molar-refractivity contribution in [3.8, 4) is 6.07 Å². The summed E-state index contributed by atoms with van der Waals surface area (Å²) in [6.45, 7) is 2.09. The second-order valence-corrected chi connectivity index (χ2v) is 2.71. The third-order valence-corrected chi connectivity index (χ3v) is 1.66. The van der Waals surface area contributed by atoms with Crippen LogP contribution >= 0.6 is 0 Å². The van der Waals surface area contributed by atoms with Gasteiger partial charge >= 0.3 is 0 Å². The van der Waals surface area contributed by atoms with Gasteiger partial charge in [0, 0.05) is 0 Å². The fourth-order valence-corrected chi connectivity index (χ4v) is 1.04. The predicted octanol–water partition coefficient (Wildman–Crippen LogP) is 1.76. The van der Waals surface area contributed by atoms with Crippen LogP contribution in [0.3, 0.4) is 0 Å². The highest BCUT2D eigenvalue weighted by Crippen LogP contribution is 2.14. The fraction of sp³-hybridized carbons (Fsp3) is 0.444. The molecule has 1 rings (SSSR count). The predicted molar refractivity (Wildman–Crippen MR) is 45.2 cm³/mol. The van der Waals surface area contributed by atoms with Crippen LogP contribution < -0.4 is 5.73 Å². The Labute approximate surface area is 71.8 Å². The van der Waals surface area contributed by atoms with Crippen LogP contribution in [0.25, 0.3) is 0 Å². The van der Waals surface area contributed by atoms with Crippen molar-refractivity contribution in [2.45, 2.75) is 25.8 Å². The van der Waals surface area contributed by atoms with Gasteiger partial charge in [-0.3, -0.25) is 0 Å². The number of nitriles is 1. The van der Waals surface area contributed by atoms with E-state index < -0.39 is 6.04 Å². The molecular weight excluding hydrogens is 152 g/mol. The smallest absolute Gasteiger partial charge is 0.151 e. The maximum Gasteiger partial charge on any atom is 0.151 e. The van der Waals surface area contributed by atoms with Crippen molar-refractivity contribution in [2.24, 2.45) is 5.73 Å².